The summed E-state index contributed by atoms with van der Waals surface area (Å²) >= 11 is 1.43. The molecule has 1 aromatic carbocycles. The molecule has 2 N–H and O–H groups in total. The second-order valence-electron chi connectivity index (χ2n) is 5.59. The lowest BCUT2D eigenvalue weighted by Crippen LogP contribution is -2.37. The number of amides is 2. The van der Waals surface area contributed by atoms with Crippen molar-refractivity contribution in [1.82, 2.24) is 10.3 Å². The first kappa shape index (κ1) is 15.0. The second-order valence-corrected chi connectivity index (χ2v) is 6.62. The zero-order valence-corrected chi connectivity index (χ0v) is 13.1. The largest absolute Gasteiger partial charge is 0.347 e. The quantitative estimate of drug-likeness (QED) is 0.911. The van der Waals surface area contributed by atoms with Gasteiger partial charge in [0.2, 0.25) is 11.8 Å². The average Bonchev–Trinajstić information content (AvgIpc) is 2.95. The lowest BCUT2D eigenvalue weighted by Gasteiger charge is -2.20. The number of thiazole rings is 1. The highest BCUT2D eigenvalue weighted by atomic mass is 32.1. The summed E-state index contributed by atoms with van der Waals surface area (Å²) in [4.78, 5) is 28.3. The molecule has 1 aliphatic carbocycles. The number of benzene rings is 1. The number of hydrogen-bond donors (Lipinski definition) is 2. The molecule has 0 spiro atoms. The van der Waals surface area contributed by atoms with E-state index in [1.165, 1.54) is 17.8 Å². The first-order valence-corrected chi connectivity index (χ1v) is 8.47. The molecule has 1 fully saturated rings. The van der Waals surface area contributed by atoms with Gasteiger partial charge in [0.15, 0.2) is 5.13 Å². The maximum atomic E-state index is 12.0. The number of carbonyl (C=O) groups excluding carboxylic acids is 2. The molecule has 0 aliphatic heterocycles. The molecule has 2 amide bonds. The summed E-state index contributed by atoms with van der Waals surface area (Å²) in [6.45, 7) is 0.00522. The Hall–Kier alpha value is -1.95. The summed E-state index contributed by atoms with van der Waals surface area (Å²) < 4.78 is 1.03. The van der Waals surface area contributed by atoms with E-state index in [2.05, 4.69) is 15.6 Å². The zero-order chi connectivity index (χ0) is 15.4. The van der Waals surface area contributed by atoms with E-state index in [0.29, 0.717) is 5.13 Å². The molecule has 1 heterocycles. The van der Waals surface area contributed by atoms with Gasteiger partial charge >= 0.3 is 0 Å². The summed E-state index contributed by atoms with van der Waals surface area (Å²) in [7, 11) is 0. The van der Waals surface area contributed by atoms with Crippen molar-refractivity contribution >= 4 is 38.5 Å². The molecule has 1 aliphatic rings. The molecule has 3 rings (SSSR count). The molecule has 5 nitrogen and oxygen atoms in total. The van der Waals surface area contributed by atoms with E-state index in [1.54, 1.807) is 0 Å². The molecular formula is C16H19N3O2S. The van der Waals surface area contributed by atoms with Crippen LogP contribution in [0.3, 0.4) is 0 Å². The number of rotatable bonds is 4. The van der Waals surface area contributed by atoms with Gasteiger partial charge in [-0.3, -0.25) is 9.59 Å². The number of fused-ring (bicyclic) bond motifs is 1. The van der Waals surface area contributed by atoms with E-state index >= 15 is 0 Å². The van der Waals surface area contributed by atoms with Crippen molar-refractivity contribution in [3.8, 4) is 0 Å². The fourth-order valence-electron chi connectivity index (χ4n) is 2.77. The minimum atomic E-state index is -0.233. The fraction of sp³-hybridized carbons (Fsp3) is 0.438. The van der Waals surface area contributed by atoms with Crippen LogP contribution in [0.25, 0.3) is 10.2 Å². The molecule has 116 valence electrons. The number of anilines is 1. The van der Waals surface area contributed by atoms with E-state index in [1.807, 2.05) is 24.3 Å². The minimum Gasteiger partial charge on any atom is -0.347 e. The Balaban J connectivity index is 1.50. The summed E-state index contributed by atoms with van der Waals surface area (Å²) in [5, 5.41) is 6.04. The molecule has 0 radical (unpaired) electrons. The van der Waals surface area contributed by atoms with Crippen molar-refractivity contribution in [2.24, 2.45) is 5.92 Å². The van der Waals surface area contributed by atoms with Gasteiger partial charge in [0, 0.05) is 5.92 Å². The maximum Gasteiger partial charge on any atom is 0.245 e. The summed E-state index contributed by atoms with van der Waals surface area (Å²) in [5.41, 5.74) is 0.869. The molecule has 6 heteroatoms. The predicted molar refractivity (Wildman–Crippen MR) is 87.8 cm³/mol. The van der Waals surface area contributed by atoms with Gasteiger partial charge in [-0.25, -0.2) is 4.98 Å². The second kappa shape index (κ2) is 6.87. The molecule has 1 aromatic heterocycles. The van der Waals surface area contributed by atoms with Crippen LogP contribution < -0.4 is 10.6 Å². The first-order valence-electron chi connectivity index (χ1n) is 7.65. The van der Waals surface area contributed by atoms with Crippen LogP contribution in [0.4, 0.5) is 5.13 Å². The number of carbonyl (C=O) groups is 2. The highest BCUT2D eigenvalue weighted by Gasteiger charge is 2.21. The molecule has 22 heavy (non-hydrogen) atoms. The number of hydrogen-bond acceptors (Lipinski definition) is 4. The van der Waals surface area contributed by atoms with Gasteiger partial charge in [0.25, 0.3) is 0 Å². The van der Waals surface area contributed by atoms with Crippen LogP contribution in [0.1, 0.15) is 32.1 Å². The van der Waals surface area contributed by atoms with Crippen molar-refractivity contribution in [2.45, 2.75) is 32.1 Å². The van der Waals surface area contributed by atoms with Crippen LogP contribution in [0.2, 0.25) is 0 Å². The minimum absolute atomic E-state index is 0.000787. The van der Waals surface area contributed by atoms with Gasteiger partial charge in [-0.05, 0) is 25.0 Å². The Kier molecular flexibility index (Phi) is 4.68. The highest BCUT2D eigenvalue weighted by Crippen LogP contribution is 2.25. The highest BCUT2D eigenvalue weighted by molar-refractivity contribution is 7.22. The van der Waals surface area contributed by atoms with Crippen LogP contribution in [-0.4, -0.2) is 23.3 Å². The molecule has 1 saturated carbocycles. The van der Waals surface area contributed by atoms with Crippen molar-refractivity contribution in [2.75, 3.05) is 11.9 Å². The Labute approximate surface area is 133 Å². The third kappa shape index (κ3) is 3.62. The molecule has 0 bridgehead atoms. The molecular weight excluding hydrogens is 298 g/mol. The van der Waals surface area contributed by atoms with Gasteiger partial charge in [-0.2, -0.15) is 0 Å². The van der Waals surface area contributed by atoms with Gasteiger partial charge in [0.1, 0.15) is 0 Å². The number of para-hydroxylation sites is 1. The van der Waals surface area contributed by atoms with Crippen molar-refractivity contribution in [3.05, 3.63) is 24.3 Å². The predicted octanol–water partition coefficient (Wildman–Crippen LogP) is 2.93. The van der Waals surface area contributed by atoms with Gasteiger partial charge < -0.3 is 10.6 Å². The Morgan fingerprint density at radius 3 is 2.73 bits per heavy atom. The lowest BCUT2D eigenvalue weighted by molar-refractivity contribution is -0.128. The van der Waals surface area contributed by atoms with E-state index in [-0.39, 0.29) is 24.3 Å². The Morgan fingerprint density at radius 2 is 1.95 bits per heavy atom. The first-order chi connectivity index (χ1) is 10.7. The smallest absolute Gasteiger partial charge is 0.245 e. The standard InChI is InChI=1S/C16H19N3O2S/c20-14(10-17-15(21)11-6-2-1-3-7-11)19-16-18-12-8-4-5-9-13(12)22-16/h4-5,8-9,11H,1-3,6-7,10H2,(H,17,21)(H,18,19,20). The van der Waals surface area contributed by atoms with Crippen LogP contribution in [-0.2, 0) is 9.59 Å². The monoisotopic (exact) mass is 317 g/mol. The summed E-state index contributed by atoms with van der Waals surface area (Å²) in [5.74, 6) is -0.161. The van der Waals surface area contributed by atoms with E-state index < -0.39 is 0 Å². The normalized spacial score (nSPS) is 15.6. The Morgan fingerprint density at radius 1 is 1.18 bits per heavy atom. The maximum absolute atomic E-state index is 12.0. The van der Waals surface area contributed by atoms with Crippen molar-refractivity contribution in [3.63, 3.8) is 0 Å². The van der Waals surface area contributed by atoms with Crippen molar-refractivity contribution < 1.29 is 9.59 Å². The average molecular weight is 317 g/mol. The van der Waals surface area contributed by atoms with E-state index in [0.717, 1.165) is 35.9 Å². The molecule has 2 aromatic rings. The van der Waals surface area contributed by atoms with Crippen LogP contribution in [0, 0.1) is 5.92 Å². The van der Waals surface area contributed by atoms with Crippen LogP contribution >= 0.6 is 11.3 Å². The van der Waals surface area contributed by atoms with Crippen LogP contribution in [0.5, 0.6) is 0 Å². The van der Waals surface area contributed by atoms with Crippen LogP contribution in [0.15, 0.2) is 24.3 Å². The molecule has 0 unspecified atom stereocenters. The van der Waals surface area contributed by atoms with Crippen molar-refractivity contribution in [1.29, 1.82) is 0 Å². The fourth-order valence-corrected chi connectivity index (χ4v) is 3.65. The molecule has 0 atom stereocenters. The van der Waals surface area contributed by atoms with Gasteiger partial charge in [-0.1, -0.05) is 42.7 Å². The SMILES string of the molecule is O=C(CNC(=O)C1CCCCC1)Nc1nc2ccccc2s1. The number of aromatic nitrogens is 1. The third-order valence-corrected chi connectivity index (χ3v) is 4.89. The number of nitrogens with zero attached hydrogens (tertiary/aromatic N) is 1. The number of nitrogens with one attached hydrogen (secondary N) is 2. The van der Waals surface area contributed by atoms with E-state index in [9.17, 15) is 9.59 Å². The van der Waals surface area contributed by atoms with E-state index in [4.69, 9.17) is 0 Å². The van der Waals surface area contributed by atoms with Gasteiger partial charge in [-0.15, -0.1) is 0 Å². The summed E-state index contributed by atoms with van der Waals surface area (Å²) in [6, 6.07) is 7.73. The third-order valence-electron chi connectivity index (χ3n) is 3.94. The lowest BCUT2D eigenvalue weighted by atomic mass is 9.89. The topological polar surface area (TPSA) is 71.1 Å². The zero-order valence-electron chi connectivity index (χ0n) is 12.3. The van der Waals surface area contributed by atoms with Gasteiger partial charge in [0.05, 0.1) is 16.8 Å². The molecule has 0 saturated heterocycles. The summed E-state index contributed by atoms with van der Waals surface area (Å²) in [6.07, 6.45) is 5.30. The Bertz CT molecular complexity index is 644.